The highest BCUT2D eigenvalue weighted by Crippen LogP contribution is 2.18. The van der Waals surface area contributed by atoms with Gasteiger partial charge in [-0.15, -0.1) is 0 Å². The minimum absolute atomic E-state index is 0.126. The van der Waals surface area contributed by atoms with Crippen LogP contribution in [0.5, 0.6) is 0 Å². The van der Waals surface area contributed by atoms with Gasteiger partial charge in [-0.2, -0.15) is 0 Å². The van der Waals surface area contributed by atoms with Gasteiger partial charge in [0.25, 0.3) is 10.0 Å². The van der Waals surface area contributed by atoms with E-state index < -0.39 is 10.0 Å². The normalized spacial score (nSPS) is 11.0. The van der Waals surface area contributed by atoms with Crippen LogP contribution in [0, 0.1) is 6.92 Å². The summed E-state index contributed by atoms with van der Waals surface area (Å²) in [5, 5.41) is 2.53. The summed E-state index contributed by atoms with van der Waals surface area (Å²) in [5.41, 5.74) is 2.16. The Morgan fingerprint density at radius 3 is 2.41 bits per heavy atom. The molecule has 0 saturated heterocycles. The maximum absolute atomic E-state index is 12.3. The van der Waals surface area contributed by atoms with Crippen LogP contribution < -0.4 is 10.0 Å². The lowest BCUT2D eigenvalue weighted by molar-refractivity contribution is -0.119. The van der Waals surface area contributed by atoms with E-state index in [4.69, 9.17) is 0 Å². The largest absolute Gasteiger partial charge is 0.359 e. The van der Waals surface area contributed by atoms with Gasteiger partial charge < -0.3 is 5.32 Å². The predicted octanol–water partition coefficient (Wildman–Crippen LogP) is 2.08. The average molecular weight is 318 g/mol. The molecule has 1 amide bonds. The molecule has 2 aromatic rings. The summed E-state index contributed by atoms with van der Waals surface area (Å²) in [6.45, 7) is 1.89. The van der Waals surface area contributed by atoms with E-state index in [1.165, 1.54) is 0 Å². The molecule has 0 aromatic heterocycles. The quantitative estimate of drug-likeness (QED) is 0.886. The first kappa shape index (κ1) is 16.0. The van der Waals surface area contributed by atoms with Crippen LogP contribution in [0.1, 0.15) is 11.1 Å². The number of rotatable bonds is 5. The van der Waals surface area contributed by atoms with Crippen molar-refractivity contribution in [3.8, 4) is 0 Å². The van der Waals surface area contributed by atoms with Crippen molar-refractivity contribution in [3.05, 3.63) is 59.7 Å². The van der Waals surface area contributed by atoms with Crippen molar-refractivity contribution in [1.29, 1.82) is 0 Å². The van der Waals surface area contributed by atoms with Gasteiger partial charge in [0, 0.05) is 12.7 Å². The number of carbonyl (C=O) groups is 1. The van der Waals surface area contributed by atoms with Crippen molar-refractivity contribution in [1.82, 2.24) is 5.32 Å². The molecule has 0 unspecified atom stereocenters. The van der Waals surface area contributed by atoms with Crippen molar-refractivity contribution in [2.24, 2.45) is 0 Å². The molecule has 0 aliphatic heterocycles. The van der Waals surface area contributed by atoms with Crippen LogP contribution in [0.2, 0.25) is 0 Å². The molecule has 0 radical (unpaired) electrons. The summed E-state index contributed by atoms with van der Waals surface area (Å²) in [4.78, 5) is 11.6. The zero-order valence-corrected chi connectivity index (χ0v) is 13.3. The number of amides is 1. The summed E-state index contributed by atoms with van der Waals surface area (Å²) in [6, 6.07) is 13.4. The van der Waals surface area contributed by atoms with E-state index in [1.807, 2.05) is 6.92 Å². The second kappa shape index (κ2) is 6.62. The molecule has 0 spiro atoms. The number of carbonyl (C=O) groups excluding carboxylic acids is 1. The second-order valence-corrected chi connectivity index (χ2v) is 6.65. The van der Waals surface area contributed by atoms with Gasteiger partial charge in [0.1, 0.15) is 0 Å². The number of sulfonamides is 1. The number of likely N-dealkylation sites (N-methyl/N-ethyl adjacent to an activating group) is 1. The van der Waals surface area contributed by atoms with Gasteiger partial charge in [0.2, 0.25) is 5.91 Å². The fourth-order valence-corrected chi connectivity index (χ4v) is 3.00. The van der Waals surface area contributed by atoms with Gasteiger partial charge >= 0.3 is 0 Å². The van der Waals surface area contributed by atoms with E-state index in [0.29, 0.717) is 5.69 Å². The lowest BCUT2D eigenvalue weighted by Gasteiger charge is -2.09. The number of anilines is 1. The lowest BCUT2D eigenvalue weighted by atomic mass is 10.1. The van der Waals surface area contributed by atoms with Crippen molar-refractivity contribution < 1.29 is 13.2 Å². The summed E-state index contributed by atoms with van der Waals surface area (Å²) in [6.07, 6.45) is 0.205. The molecule has 0 bridgehead atoms. The van der Waals surface area contributed by atoms with Crippen molar-refractivity contribution >= 4 is 21.6 Å². The summed E-state index contributed by atoms with van der Waals surface area (Å²) in [5.74, 6) is -0.126. The Bertz CT molecular complexity index is 768. The standard InChI is InChI=1S/C16H18N2O3S/c1-12-6-8-15(9-7-12)22(20,21)18-14-5-3-4-13(10-14)11-16(19)17-2/h3-10,18H,11H2,1-2H3,(H,17,19). The van der Waals surface area contributed by atoms with E-state index >= 15 is 0 Å². The number of nitrogens with one attached hydrogen (secondary N) is 2. The van der Waals surface area contributed by atoms with Crippen molar-refractivity contribution in [3.63, 3.8) is 0 Å². The summed E-state index contributed by atoms with van der Waals surface area (Å²) < 4.78 is 27.2. The molecule has 6 heteroatoms. The Kier molecular flexibility index (Phi) is 4.82. The summed E-state index contributed by atoms with van der Waals surface area (Å²) >= 11 is 0. The smallest absolute Gasteiger partial charge is 0.261 e. The minimum atomic E-state index is -3.63. The summed E-state index contributed by atoms with van der Waals surface area (Å²) in [7, 11) is -2.07. The molecule has 0 fully saturated rings. The molecule has 5 nitrogen and oxygen atoms in total. The van der Waals surface area contributed by atoms with Crippen LogP contribution in [-0.4, -0.2) is 21.4 Å². The maximum Gasteiger partial charge on any atom is 0.261 e. The highest BCUT2D eigenvalue weighted by molar-refractivity contribution is 7.92. The van der Waals surface area contributed by atoms with Gasteiger partial charge in [-0.3, -0.25) is 9.52 Å². The SMILES string of the molecule is CNC(=O)Cc1cccc(NS(=O)(=O)c2ccc(C)cc2)c1. The van der Waals surface area contributed by atoms with Gasteiger partial charge in [-0.05, 0) is 36.8 Å². The van der Waals surface area contributed by atoms with E-state index in [-0.39, 0.29) is 17.2 Å². The number of aryl methyl sites for hydroxylation is 1. The molecule has 0 aliphatic carbocycles. The highest BCUT2D eigenvalue weighted by Gasteiger charge is 2.14. The van der Waals surface area contributed by atoms with Crippen LogP contribution in [0.4, 0.5) is 5.69 Å². The molecule has 0 aliphatic rings. The molecule has 2 rings (SSSR count). The topological polar surface area (TPSA) is 75.3 Å². The van der Waals surface area contributed by atoms with E-state index in [9.17, 15) is 13.2 Å². The molecular weight excluding hydrogens is 300 g/mol. The Morgan fingerprint density at radius 2 is 1.77 bits per heavy atom. The average Bonchev–Trinajstić information content (AvgIpc) is 2.47. The Hall–Kier alpha value is -2.34. The van der Waals surface area contributed by atoms with Gasteiger partial charge in [-0.1, -0.05) is 29.8 Å². The third-order valence-corrected chi connectivity index (χ3v) is 4.55. The van der Waals surface area contributed by atoms with Crippen LogP contribution >= 0.6 is 0 Å². The van der Waals surface area contributed by atoms with Crippen LogP contribution in [-0.2, 0) is 21.2 Å². The molecule has 2 aromatic carbocycles. The molecule has 22 heavy (non-hydrogen) atoms. The fourth-order valence-electron chi connectivity index (χ4n) is 1.95. The van der Waals surface area contributed by atoms with Crippen molar-refractivity contribution in [2.45, 2.75) is 18.2 Å². The molecule has 0 atom stereocenters. The molecule has 2 N–H and O–H groups in total. The van der Waals surface area contributed by atoms with Gasteiger partial charge in [0.15, 0.2) is 0 Å². The first-order chi connectivity index (χ1) is 10.4. The molecule has 0 saturated carbocycles. The molecular formula is C16H18N2O3S. The third kappa shape index (κ3) is 4.08. The second-order valence-electron chi connectivity index (χ2n) is 4.97. The Labute approximate surface area is 130 Å². The van der Waals surface area contributed by atoms with Crippen LogP contribution in [0.3, 0.4) is 0 Å². The number of hydrogen-bond acceptors (Lipinski definition) is 3. The maximum atomic E-state index is 12.3. The molecule has 116 valence electrons. The van der Waals surface area contributed by atoms with E-state index in [0.717, 1.165) is 11.1 Å². The van der Waals surface area contributed by atoms with Crippen LogP contribution in [0.25, 0.3) is 0 Å². The van der Waals surface area contributed by atoms with E-state index in [1.54, 1.807) is 55.6 Å². The third-order valence-electron chi connectivity index (χ3n) is 3.15. The van der Waals surface area contributed by atoms with Gasteiger partial charge in [-0.25, -0.2) is 8.42 Å². The van der Waals surface area contributed by atoms with Crippen LogP contribution in [0.15, 0.2) is 53.4 Å². The lowest BCUT2D eigenvalue weighted by Crippen LogP contribution is -2.20. The Balaban J connectivity index is 2.21. The first-order valence-corrected chi connectivity index (χ1v) is 8.28. The predicted molar refractivity (Wildman–Crippen MR) is 86.2 cm³/mol. The minimum Gasteiger partial charge on any atom is -0.359 e. The monoisotopic (exact) mass is 318 g/mol. The Morgan fingerprint density at radius 1 is 1.09 bits per heavy atom. The van der Waals surface area contributed by atoms with Gasteiger partial charge in [0.05, 0.1) is 11.3 Å². The number of benzene rings is 2. The zero-order valence-electron chi connectivity index (χ0n) is 12.5. The number of hydrogen-bond donors (Lipinski definition) is 2. The fraction of sp³-hybridized carbons (Fsp3) is 0.188. The first-order valence-electron chi connectivity index (χ1n) is 6.80. The van der Waals surface area contributed by atoms with Crippen molar-refractivity contribution in [2.75, 3.05) is 11.8 Å². The highest BCUT2D eigenvalue weighted by atomic mass is 32.2. The molecule has 0 heterocycles. The zero-order chi connectivity index (χ0) is 16.2. The van der Waals surface area contributed by atoms with E-state index in [2.05, 4.69) is 10.0 Å².